The average molecular weight is 293 g/mol. The molecule has 1 aromatic rings. The highest BCUT2D eigenvalue weighted by Crippen LogP contribution is 2.14. The number of benzene rings is 1. The predicted molar refractivity (Wildman–Crippen MR) is 81.6 cm³/mol. The zero-order valence-corrected chi connectivity index (χ0v) is 13.0. The number of amides is 2. The van der Waals surface area contributed by atoms with E-state index in [9.17, 15) is 9.18 Å². The molecular formula is C16H24FN3O. The van der Waals surface area contributed by atoms with Crippen molar-refractivity contribution in [3.63, 3.8) is 0 Å². The number of rotatable bonds is 3. The minimum absolute atomic E-state index is 0.0461. The molecule has 1 atom stereocenters. The summed E-state index contributed by atoms with van der Waals surface area (Å²) in [6, 6.07) is 6.59. The Labute approximate surface area is 125 Å². The summed E-state index contributed by atoms with van der Waals surface area (Å²) in [7, 11) is 0. The van der Waals surface area contributed by atoms with Crippen LogP contribution in [0.2, 0.25) is 0 Å². The Hall–Kier alpha value is -1.62. The van der Waals surface area contributed by atoms with E-state index in [2.05, 4.69) is 24.1 Å². The minimum atomic E-state index is -0.262. The number of carbonyl (C=O) groups is 1. The van der Waals surface area contributed by atoms with E-state index in [4.69, 9.17) is 0 Å². The molecule has 2 amide bonds. The molecule has 1 fully saturated rings. The van der Waals surface area contributed by atoms with Gasteiger partial charge in [0.05, 0.1) is 6.04 Å². The molecule has 0 radical (unpaired) electrons. The van der Waals surface area contributed by atoms with Gasteiger partial charge < -0.3 is 10.2 Å². The van der Waals surface area contributed by atoms with Crippen molar-refractivity contribution in [3.05, 3.63) is 35.6 Å². The molecule has 1 saturated heterocycles. The van der Waals surface area contributed by atoms with Gasteiger partial charge in [-0.05, 0) is 38.5 Å². The first-order chi connectivity index (χ1) is 9.97. The molecule has 1 heterocycles. The van der Waals surface area contributed by atoms with Crippen LogP contribution in [0.4, 0.5) is 9.18 Å². The highest BCUT2D eigenvalue weighted by atomic mass is 19.1. The highest BCUT2D eigenvalue weighted by Gasteiger charge is 2.23. The van der Waals surface area contributed by atoms with Crippen LogP contribution in [0, 0.1) is 5.82 Å². The van der Waals surface area contributed by atoms with E-state index in [0.29, 0.717) is 6.04 Å². The van der Waals surface area contributed by atoms with E-state index in [1.165, 1.54) is 12.1 Å². The summed E-state index contributed by atoms with van der Waals surface area (Å²) in [5.41, 5.74) is 0.908. The van der Waals surface area contributed by atoms with Gasteiger partial charge in [-0.2, -0.15) is 0 Å². The molecule has 0 aromatic heterocycles. The van der Waals surface area contributed by atoms with E-state index in [-0.39, 0.29) is 17.9 Å². The molecule has 1 aliphatic heterocycles. The summed E-state index contributed by atoms with van der Waals surface area (Å²) in [4.78, 5) is 16.5. The second kappa shape index (κ2) is 6.89. The fourth-order valence-electron chi connectivity index (χ4n) is 2.55. The van der Waals surface area contributed by atoms with Gasteiger partial charge in [-0.3, -0.25) is 4.90 Å². The molecule has 4 nitrogen and oxygen atoms in total. The molecule has 116 valence electrons. The van der Waals surface area contributed by atoms with Gasteiger partial charge in [0.25, 0.3) is 0 Å². The van der Waals surface area contributed by atoms with Crippen molar-refractivity contribution in [2.45, 2.75) is 32.9 Å². The fraction of sp³-hybridized carbons (Fsp3) is 0.562. The standard InChI is InChI=1S/C16H24FN3O/c1-12(2)19-8-10-20(11-9-19)16(21)18-13(3)14-4-6-15(17)7-5-14/h4-7,12-13H,8-11H2,1-3H3,(H,18,21). The molecule has 1 N–H and O–H groups in total. The van der Waals surface area contributed by atoms with Crippen molar-refractivity contribution in [1.82, 2.24) is 15.1 Å². The first-order valence-electron chi connectivity index (χ1n) is 7.52. The van der Waals surface area contributed by atoms with Crippen molar-refractivity contribution in [2.24, 2.45) is 0 Å². The van der Waals surface area contributed by atoms with Gasteiger partial charge in [-0.1, -0.05) is 12.1 Å². The maximum Gasteiger partial charge on any atom is 0.317 e. The van der Waals surface area contributed by atoms with E-state index in [1.54, 1.807) is 12.1 Å². The SMILES string of the molecule is CC(NC(=O)N1CCN(C(C)C)CC1)c1ccc(F)cc1. The molecule has 1 aromatic carbocycles. The van der Waals surface area contributed by atoms with Gasteiger partial charge in [-0.25, -0.2) is 9.18 Å². The lowest BCUT2D eigenvalue weighted by Gasteiger charge is -2.37. The number of piperazine rings is 1. The third kappa shape index (κ3) is 4.17. The zero-order chi connectivity index (χ0) is 15.4. The van der Waals surface area contributed by atoms with E-state index >= 15 is 0 Å². The Morgan fingerprint density at radius 1 is 1.10 bits per heavy atom. The van der Waals surface area contributed by atoms with Crippen LogP contribution in [-0.2, 0) is 0 Å². The molecule has 5 heteroatoms. The molecule has 0 saturated carbocycles. The Bertz CT molecular complexity index is 467. The van der Waals surface area contributed by atoms with Crippen LogP contribution in [-0.4, -0.2) is 48.1 Å². The summed E-state index contributed by atoms with van der Waals surface area (Å²) < 4.78 is 12.9. The van der Waals surface area contributed by atoms with Crippen molar-refractivity contribution in [1.29, 1.82) is 0 Å². The number of nitrogens with zero attached hydrogens (tertiary/aromatic N) is 2. The van der Waals surface area contributed by atoms with Crippen LogP contribution in [0.1, 0.15) is 32.4 Å². The molecule has 0 aliphatic carbocycles. The van der Waals surface area contributed by atoms with Gasteiger partial charge in [0.2, 0.25) is 0 Å². The largest absolute Gasteiger partial charge is 0.331 e. The van der Waals surface area contributed by atoms with Gasteiger partial charge in [-0.15, -0.1) is 0 Å². The highest BCUT2D eigenvalue weighted by molar-refractivity contribution is 5.74. The number of halogens is 1. The lowest BCUT2D eigenvalue weighted by Crippen LogP contribution is -2.53. The summed E-state index contributed by atoms with van der Waals surface area (Å²) in [5, 5.41) is 2.98. The molecule has 0 spiro atoms. The molecule has 1 unspecified atom stereocenters. The van der Waals surface area contributed by atoms with Gasteiger partial charge in [0, 0.05) is 32.2 Å². The van der Waals surface area contributed by atoms with Gasteiger partial charge in [0.15, 0.2) is 0 Å². The first kappa shape index (κ1) is 15.8. The summed E-state index contributed by atoms with van der Waals surface area (Å²) in [5.74, 6) is -0.262. The molecule has 1 aliphatic rings. The molecule has 21 heavy (non-hydrogen) atoms. The van der Waals surface area contributed by atoms with Crippen LogP contribution < -0.4 is 5.32 Å². The second-order valence-corrected chi connectivity index (χ2v) is 5.84. The van der Waals surface area contributed by atoms with Crippen LogP contribution in [0.5, 0.6) is 0 Å². The number of urea groups is 1. The van der Waals surface area contributed by atoms with Crippen LogP contribution in [0.3, 0.4) is 0 Å². The van der Waals surface area contributed by atoms with Crippen LogP contribution in [0.25, 0.3) is 0 Å². The quantitative estimate of drug-likeness (QED) is 0.930. The summed E-state index contributed by atoms with van der Waals surface area (Å²) in [6.45, 7) is 9.58. The average Bonchev–Trinajstić information content (AvgIpc) is 2.47. The Kier molecular flexibility index (Phi) is 5.17. The Morgan fingerprint density at radius 3 is 2.19 bits per heavy atom. The smallest absolute Gasteiger partial charge is 0.317 e. The van der Waals surface area contributed by atoms with Crippen molar-refractivity contribution in [2.75, 3.05) is 26.2 Å². The number of hydrogen-bond acceptors (Lipinski definition) is 2. The zero-order valence-electron chi connectivity index (χ0n) is 13.0. The maximum absolute atomic E-state index is 12.9. The molecule has 2 rings (SSSR count). The number of carbonyl (C=O) groups excluding carboxylic acids is 1. The van der Waals surface area contributed by atoms with Crippen molar-refractivity contribution in [3.8, 4) is 0 Å². The third-order valence-corrected chi connectivity index (χ3v) is 4.04. The van der Waals surface area contributed by atoms with E-state index < -0.39 is 0 Å². The maximum atomic E-state index is 12.9. The normalized spacial score (nSPS) is 17.9. The lowest BCUT2D eigenvalue weighted by molar-refractivity contribution is 0.118. The predicted octanol–water partition coefficient (Wildman–Crippen LogP) is 2.62. The Morgan fingerprint density at radius 2 is 1.67 bits per heavy atom. The minimum Gasteiger partial charge on any atom is -0.331 e. The van der Waals surface area contributed by atoms with Crippen molar-refractivity contribution >= 4 is 6.03 Å². The second-order valence-electron chi connectivity index (χ2n) is 5.84. The van der Waals surface area contributed by atoms with E-state index in [1.807, 2.05) is 11.8 Å². The van der Waals surface area contributed by atoms with Crippen LogP contribution in [0.15, 0.2) is 24.3 Å². The monoisotopic (exact) mass is 293 g/mol. The fourth-order valence-corrected chi connectivity index (χ4v) is 2.55. The molecule has 0 bridgehead atoms. The number of nitrogens with one attached hydrogen (secondary N) is 1. The summed E-state index contributed by atoms with van der Waals surface area (Å²) in [6.07, 6.45) is 0. The van der Waals surface area contributed by atoms with Gasteiger partial charge >= 0.3 is 6.03 Å². The Balaban J connectivity index is 1.86. The molecular weight excluding hydrogens is 269 g/mol. The van der Waals surface area contributed by atoms with E-state index in [0.717, 1.165) is 31.7 Å². The summed E-state index contributed by atoms with van der Waals surface area (Å²) >= 11 is 0. The van der Waals surface area contributed by atoms with Crippen molar-refractivity contribution < 1.29 is 9.18 Å². The third-order valence-electron chi connectivity index (χ3n) is 4.04. The first-order valence-corrected chi connectivity index (χ1v) is 7.52. The van der Waals surface area contributed by atoms with Crippen LogP contribution >= 0.6 is 0 Å². The van der Waals surface area contributed by atoms with Gasteiger partial charge in [0.1, 0.15) is 5.82 Å². The number of hydrogen-bond donors (Lipinski definition) is 1. The topological polar surface area (TPSA) is 35.6 Å². The lowest BCUT2D eigenvalue weighted by atomic mass is 10.1.